The summed E-state index contributed by atoms with van der Waals surface area (Å²) in [5, 5.41) is 2.82. The van der Waals surface area contributed by atoms with Gasteiger partial charge in [0, 0.05) is 31.3 Å². The lowest BCUT2D eigenvalue weighted by atomic mass is 10.1. The fourth-order valence-electron chi connectivity index (χ4n) is 2.44. The van der Waals surface area contributed by atoms with E-state index < -0.39 is 5.97 Å². The maximum Gasteiger partial charge on any atom is 0.337 e. The van der Waals surface area contributed by atoms with Crippen molar-refractivity contribution in [2.45, 2.75) is 13.3 Å². The van der Waals surface area contributed by atoms with Crippen LogP contribution in [0.1, 0.15) is 23.7 Å². The fourth-order valence-corrected chi connectivity index (χ4v) is 2.44. The van der Waals surface area contributed by atoms with Gasteiger partial charge in [0.1, 0.15) is 0 Å². The van der Waals surface area contributed by atoms with Crippen molar-refractivity contribution < 1.29 is 19.1 Å². The van der Waals surface area contributed by atoms with E-state index in [1.807, 2.05) is 6.92 Å². The van der Waals surface area contributed by atoms with E-state index >= 15 is 0 Å². The summed E-state index contributed by atoms with van der Waals surface area (Å²) in [6.07, 6.45) is 0.988. The zero-order valence-electron chi connectivity index (χ0n) is 13.0. The zero-order valence-corrected chi connectivity index (χ0v) is 13.0. The lowest BCUT2D eigenvalue weighted by molar-refractivity contribution is 0.0600. The molecule has 0 saturated carbocycles. The first-order valence-corrected chi connectivity index (χ1v) is 7.46. The summed E-state index contributed by atoms with van der Waals surface area (Å²) in [7, 11) is 1.33. The summed E-state index contributed by atoms with van der Waals surface area (Å²) >= 11 is 0. The number of ether oxygens (including phenoxy) is 2. The molecule has 2 amide bonds. The first kappa shape index (κ1) is 16.3. The van der Waals surface area contributed by atoms with Gasteiger partial charge in [-0.25, -0.2) is 9.59 Å². The second-order valence-electron chi connectivity index (χ2n) is 5.27. The van der Waals surface area contributed by atoms with E-state index in [9.17, 15) is 9.59 Å². The van der Waals surface area contributed by atoms with Crippen molar-refractivity contribution in [2.24, 2.45) is 5.92 Å². The molecule has 1 aliphatic rings. The standard InChI is InChI=1S/C16H22N2O4/c1-3-18(10-12-7-8-22-11-12)16(20)17-14-6-4-5-13(9-14)15(19)21-2/h4-6,9,12H,3,7-8,10-11H2,1-2H3,(H,17,20)/t12-/m0/s1. The molecule has 120 valence electrons. The first-order valence-electron chi connectivity index (χ1n) is 7.46. The molecule has 1 aromatic rings. The Balaban J connectivity index is 1.98. The molecule has 6 nitrogen and oxygen atoms in total. The van der Waals surface area contributed by atoms with Crippen molar-refractivity contribution in [3.05, 3.63) is 29.8 Å². The van der Waals surface area contributed by atoms with Gasteiger partial charge in [-0.15, -0.1) is 0 Å². The SMILES string of the molecule is CCN(C[C@@H]1CCOC1)C(=O)Nc1cccc(C(=O)OC)c1. The third-order valence-electron chi connectivity index (χ3n) is 3.71. The smallest absolute Gasteiger partial charge is 0.337 e. The lowest BCUT2D eigenvalue weighted by Gasteiger charge is -2.24. The van der Waals surface area contributed by atoms with E-state index in [0.29, 0.717) is 36.9 Å². The van der Waals surface area contributed by atoms with Gasteiger partial charge in [0.05, 0.1) is 19.3 Å². The van der Waals surface area contributed by atoms with Crippen LogP contribution >= 0.6 is 0 Å². The summed E-state index contributed by atoms with van der Waals surface area (Å²) in [5.41, 5.74) is 0.988. The van der Waals surface area contributed by atoms with Gasteiger partial charge in [-0.3, -0.25) is 0 Å². The Labute approximate surface area is 130 Å². The van der Waals surface area contributed by atoms with Gasteiger partial charge in [-0.05, 0) is 31.5 Å². The van der Waals surface area contributed by atoms with Crippen LogP contribution in [-0.4, -0.2) is 50.3 Å². The van der Waals surface area contributed by atoms with Crippen LogP contribution in [0.5, 0.6) is 0 Å². The minimum absolute atomic E-state index is 0.170. The molecular formula is C16H22N2O4. The number of esters is 1. The number of nitrogens with zero attached hydrogens (tertiary/aromatic N) is 1. The van der Waals surface area contributed by atoms with Crippen LogP contribution in [0.2, 0.25) is 0 Å². The minimum atomic E-state index is -0.424. The summed E-state index contributed by atoms with van der Waals surface area (Å²) in [4.78, 5) is 25.6. The van der Waals surface area contributed by atoms with Crippen molar-refractivity contribution in [3.8, 4) is 0 Å². The molecule has 1 aromatic carbocycles. The Kier molecular flexibility index (Phi) is 5.77. The number of amides is 2. The van der Waals surface area contributed by atoms with Gasteiger partial charge >= 0.3 is 12.0 Å². The summed E-state index contributed by atoms with van der Waals surface area (Å²) in [5.74, 6) is -0.0290. The van der Waals surface area contributed by atoms with E-state index in [0.717, 1.165) is 13.0 Å². The number of carbonyl (C=O) groups excluding carboxylic acids is 2. The van der Waals surface area contributed by atoms with Crippen LogP contribution in [0, 0.1) is 5.92 Å². The number of carbonyl (C=O) groups is 2. The van der Waals surface area contributed by atoms with Crippen molar-refractivity contribution in [1.82, 2.24) is 4.90 Å². The van der Waals surface area contributed by atoms with Crippen LogP contribution < -0.4 is 5.32 Å². The summed E-state index contributed by atoms with van der Waals surface area (Å²) in [6.45, 7) is 4.73. The minimum Gasteiger partial charge on any atom is -0.465 e. The third kappa shape index (κ3) is 4.21. The summed E-state index contributed by atoms with van der Waals surface area (Å²) in [6, 6.07) is 6.54. The second-order valence-corrected chi connectivity index (χ2v) is 5.27. The quantitative estimate of drug-likeness (QED) is 0.848. The molecule has 1 heterocycles. The normalized spacial score (nSPS) is 17.1. The van der Waals surface area contributed by atoms with Crippen molar-refractivity contribution >= 4 is 17.7 Å². The molecule has 22 heavy (non-hydrogen) atoms. The third-order valence-corrected chi connectivity index (χ3v) is 3.71. The van der Waals surface area contributed by atoms with Gasteiger partial charge in [0.25, 0.3) is 0 Å². The molecule has 6 heteroatoms. The Bertz CT molecular complexity index is 527. The lowest BCUT2D eigenvalue weighted by Crippen LogP contribution is -2.38. The predicted octanol–water partition coefficient (Wildman–Crippen LogP) is 2.36. The van der Waals surface area contributed by atoms with Crippen LogP contribution in [0.3, 0.4) is 0 Å². The zero-order chi connectivity index (χ0) is 15.9. The number of benzene rings is 1. The topological polar surface area (TPSA) is 67.9 Å². The summed E-state index contributed by atoms with van der Waals surface area (Å²) < 4.78 is 10.0. The number of hydrogen-bond acceptors (Lipinski definition) is 4. The average molecular weight is 306 g/mol. The number of nitrogens with one attached hydrogen (secondary N) is 1. The van der Waals surface area contributed by atoms with Gasteiger partial charge in [0.15, 0.2) is 0 Å². The number of methoxy groups -OCH3 is 1. The highest BCUT2D eigenvalue weighted by Crippen LogP contribution is 2.16. The van der Waals surface area contributed by atoms with Crippen molar-refractivity contribution in [3.63, 3.8) is 0 Å². The fraction of sp³-hybridized carbons (Fsp3) is 0.500. The number of anilines is 1. The molecule has 0 radical (unpaired) electrons. The predicted molar refractivity (Wildman–Crippen MR) is 83.0 cm³/mol. The molecule has 1 fully saturated rings. The highest BCUT2D eigenvalue weighted by Gasteiger charge is 2.21. The largest absolute Gasteiger partial charge is 0.465 e. The highest BCUT2D eigenvalue weighted by atomic mass is 16.5. The molecular weight excluding hydrogens is 284 g/mol. The highest BCUT2D eigenvalue weighted by molar-refractivity contribution is 5.93. The Morgan fingerprint density at radius 1 is 1.45 bits per heavy atom. The van der Waals surface area contributed by atoms with Crippen molar-refractivity contribution in [2.75, 3.05) is 38.7 Å². The molecule has 0 aromatic heterocycles. The molecule has 0 unspecified atom stereocenters. The molecule has 1 N–H and O–H groups in total. The van der Waals surface area contributed by atoms with Crippen LogP contribution in [0.4, 0.5) is 10.5 Å². The van der Waals surface area contributed by atoms with E-state index in [2.05, 4.69) is 10.1 Å². The number of urea groups is 1. The second kappa shape index (κ2) is 7.79. The molecule has 1 saturated heterocycles. The molecule has 1 atom stereocenters. The first-order chi connectivity index (χ1) is 10.6. The van der Waals surface area contributed by atoms with Gasteiger partial charge in [-0.1, -0.05) is 6.07 Å². The Hall–Kier alpha value is -2.08. The Morgan fingerprint density at radius 2 is 2.27 bits per heavy atom. The average Bonchev–Trinajstić information content (AvgIpc) is 3.05. The number of hydrogen-bond donors (Lipinski definition) is 1. The maximum absolute atomic E-state index is 12.3. The van der Waals surface area contributed by atoms with Crippen LogP contribution in [0.15, 0.2) is 24.3 Å². The molecule has 0 spiro atoms. The van der Waals surface area contributed by atoms with Crippen LogP contribution in [-0.2, 0) is 9.47 Å². The van der Waals surface area contributed by atoms with E-state index in [4.69, 9.17) is 4.74 Å². The van der Waals surface area contributed by atoms with E-state index in [1.54, 1.807) is 29.2 Å². The van der Waals surface area contributed by atoms with Crippen LogP contribution in [0.25, 0.3) is 0 Å². The van der Waals surface area contributed by atoms with Gasteiger partial charge < -0.3 is 19.7 Å². The molecule has 0 bridgehead atoms. The number of rotatable bonds is 5. The van der Waals surface area contributed by atoms with Crippen molar-refractivity contribution in [1.29, 1.82) is 0 Å². The monoisotopic (exact) mass is 306 g/mol. The van der Waals surface area contributed by atoms with Gasteiger partial charge in [-0.2, -0.15) is 0 Å². The molecule has 2 rings (SSSR count). The van der Waals surface area contributed by atoms with Gasteiger partial charge in [0.2, 0.25) is 0 Å². The molecule has 0 aliphatic carbocycles. The molecule has 1 aliphatic heterocycles. The van der Waals surface area contributed by atoms with E-state index in [-0.39, 0.29) is 6.03 Å². The maximum atomic E-state index is 12.3. The Morgan fingerprint density at radius 3 is 2.91 bits per heavy atom. The van der Waals surface area contributed by atoms with E-state index in [1.165, 1.54) is 7.11 Å².